The highest BCUT2D eigenvalue weighted by Gasteiger charge is 2.22. The Hall–Kier alpha value is -2.54. The molecule has 2 aromatic carbocycles. The molecule has 0 radical (unpaired) electrons. The molecule has 9 heteroatoms. The van der Waals surface area contributed by atoms with E-state index in [2.05, 4.69) is 20.4 Å². The van der Waals surface area contributed by atoms with Crippen LogP contribution >= 0.6 is 34.8 Å². The number of nitrogens with zero attached hydrogens (tertiary/aromatic N) is 4. The van der Waals surface area contributed by atoms with Gasteiger partial charge in [0.05, 0.1) is 16.4 Å². The molecular formula is C21H18Cl3N5O. The number of piperazine rings is 1. The molecule has 6 nitrogen and oxygen atoms in total. The Kier molecular flexibility index (Phi) is 6.27. The molecule has 0 aliphatic carbocycles. The molecule has 1 fully saturated rings. The summed E-state index contributed by atoms with van der Waals surface area (Å²) in [5.74, 6) is 0.786. The molecule has 1 aromatic heterocycles. The van der Waals surface area contributed by atoms with E-state index in [1.807, 2.05) is 36.4 Å². The molecule has 0 atom stereocenters. The highest BCUT2D eigenvalue weighted by Crippen LogP contribution is 2.26. The molecule has 154 valence electrons. The zero-order valence-electron chi connectivity index (χ0n) is 15.9. The molecule has 2 heterocycles. The van der Waals surface area contributed by atoms with E-state index < -0.39 is 0 Å². The van der Waals surface area contributed by atoms with Gasteiger partial charge in [-0.3, -0.25) is 0 Å². The monoisotopic (exact) mass is 461 g/mol. The molecule has 3 aromatic rings. The maximum Gasteiger partial charge on any atom is 0.322 e. The summed E-state index contributed by atoms with van der Waals surface area (Å²) in [6.45, 7) is 2.46. The van der Waals surface area contributed by atoms with Gasteiger partial charge in [0.1, 0.15) is 0 Å². The molecule has 30 heavy (non-hydrogen) atoms. The molecule has 1 N–H and O–H groups in total. The van der Waals surface area contributed by atoms with Gasteiger partial charge in [-0.25, -0.2) is 4.79 Å². The molecule has 0 unspecified atom stereocenters. The summed E-state index contributed by atoms with van der Waals surface area (Å²) in [6, 6.07) is 16.2. The zero-order valence-corrected chi connectivity index (χ0v) is 18.1. The van der Waals surface area contributed by atoms with Crippen molar-refractivity contribution in [1.29, 1.82) is 0 Å². The average Bonchev–Trinajstić information content (AvgIpc) is 2.76. The molecule has 0 spiro atoms. The molecule has 0 bridgehead atoms. The minimum atomic E-state index is -0.192. The van der Waals surface area contributed by atoms with Crippen LogP contribution < -0.4 is 10.2 Å². The first kappa shape index (κ1) is 20.7. The molecule has 2 amide bonds. The fraction of sp³-hybridized carbons (Fsp3) is 0.190. The van der Waals surface area contributed by atoms with Crippen molar-refractivity contribution in [1.82, 2.24) is 15.1 Å². The van der Waals surface area contributed by atoms with Gasteiger partial charge in [-0.2, -0.15) is 0 Å². The molecule has 0 saturated carbocycles. The molecule has 4 rings (SSSR count). The smallest absolute Gasteiger partial charge is 0.322 e. The Morgan fingerprint density at radius 3 is 2.17 bits per heavy atom. The largest absolute Gasteiger partial charge is 0.352 e. The van der Waals surface area contributed by atoms with Crippen LogP contribution in [0.5, 0.6) is 0 Å². The van der Waals surface area contributed by atoms with Gasteiger partial charge in [0.2, 0.25) is 0 Å². The Bertz CT molecular complexity index is 1040. The number of hydrogen-bond donors (Lipinski definition) is 1. The summed E-state index contributed by atoms with van der Waals surface area (Å²) in [7, 11) is 0. The van der Waals surface area contributed by atoms with Crippen LogP contribution in [-0.2, 0) is 0 Å². The lowest BCUT2D eigenvalue weighted by molar-refractivity contribution is 0.208. The number of anilines is 2. The van der Waals surface area contributed by atoms with E-state index in [4.69, 9.17) is 34.8 Å². The number of aromatic nitrogens is 2. The Labute approximate surface area is 189 Å². The lowest BCUT2D eigenvalue weighted by Gasteiger charge is -2.35. The number of benzene rings is 2. The lowest BCUT2D eigenvalue weighted by atomic mass is 10.1. The van der Waals surface area contributed by atoms with Crippen LogP contribution in [0.2, 0.25) is 15.1 Å². The minimum Gasteiger partial charge on any atom is -0.352 e. The van der Waals surface area contributed by atoms with E-state index in [0.29, 0.717) is 46.9 Å². The van der Waals surface area contributed by atoms with Gasteiger partial charge >= 0.3 is 6.03 Å². The maximum atomic E-state index is 12.5. The standard InChI is InChI=1S/C21H18Cl3N5O/c22-15-3-1-14(2-4-15)18-7-8-20(27-26-18)28-9-11-29(12-10-28)21(30)25-19-6-5-16(23)13-17(19)24/h1-8,13H,9-12H2,(H,25,30). The number of halogens is 3. The van der Waals surface area contributed by atoms with E-state index in [1.54, 1.807) is 23.1 Å². The van der Waals surface area contributed by atoms with Gasteiger partial charge in [-0.15, -0.1) is 10.2 Å². The predicted molar refractivity (Wildman–Crippen MR) is 122 cm³/mol. The first-order chi connectivity index (χ1) is 14.5. The number of nitrogens with one attached hydrogen (secondary N) is 1. The van der Waals surface area contributed by atoms with Crippen molar-refractivity contribution in [2.45, 2.75) is 0 Å². The Balaban J connectivity index is 1.34. The third kappa shape index (κ3) is 4.78. The minimum absolute atomic E-state index is 0.192. The molecule has 1 aliphatic rings. The van der Waals surface area contributed by atoms with Gasteiger partial charge in [0.15, 0.2) is 5.82 Å². The van der Waals surface area contributed by atoms with Crippen LogP contribution in [0.4, 0.5) is 16.3 Å². The second-order valence-corrected chi connectivity index (χ2v) is 8.09. The summed E-state index contributed by atoms with van der Waals surface area (Å²) in [5.41, 5.74) is 2.28. The van der Waals surface area contributed by atoms with Crippen molar-refractivity contribution in [3.05, 3.63) is 69.7 Å². The van der Waals surface area contributed by atoms with Crippen LogP contribution in [-0.4, -0.2) is 47.3 Å². The van der Waals surface area contributed by atoms with Crippen molar-refractivity contribution in [3.63, 3.8) is 0 Å². The molecule has 1 saturated heterocycles. The van der Waals surface area contributed by atoms with Crippen molar-refractivity contribution in [2.24, 2.45) is 0 Å². The second kappa shape index (κ2) is 9.08. The van der Waals surface area contributed by atoms with E-state index in [-0.39, 0.29) is 6.03 Å². The summed E-state index contributed by atoms with van der Waals surface area (Å²) in [5, 5.41) is 13.1. The summed E-state index contributed by atoms with van der Waals surface area (Å²) in [6.07, 6.45) is 0. The molecular weight excluding hydrogens is 445 g/mol. The van der Waals surface area contributed by atoms with Crippen molar-refractivity contribution in [3.8, 4) is 11.3 Å². The van der Waals surface area contributed by atoms with Crippen LogP contribution in [0.3, 0.4) is 0 Å². The summed E-state index contributed by atoms with van der Waals surface area (Å²) < 4.78 is 0. The number of rotatable bonds is 3. The number of hydrogen-bond acceptors (Lipinski definition) is 4. The Morgan fingerprint density at radius 2 is 1.53 bits per heavy atom. The van der Waals surface area contributed by atoms with Gasteiger partial charge in [-0.1, -0.05) is 46.9 Å². The lowest BCUT2D eigenvalue weighted by Crippen LogP contribution is -2.50. The van der Waals surface area contributed by atoms with Gasteiger partial charge in [0.25, 0.3) is 0 Å². The van der Waals surface area contributed by atoms with Crippen LogP contribution in [0, 0.1) is 0 Å². The van der Waals surface area contributed by atoms with Gasteiger partial charge < -0.3 is 15.1 Å². The number of urea groups is 1. The normalized spacial score (nSPS) is 14.0. The number of amides is 2. The second-order valence-electron chi connectivity index (χ2n) is 6.81. The summed E-state index contributed by atoms with van der Waals surface area (Å²) in [4.78, 5) is 16.4. The van der Waals surface area contributed by atoms with Crippen LogP contribution in [0.15, 0.2) is 54.6 Å². The first-order valence-electron chi connectivity index (χ1n) is 9.35. The van der Waals surface area contributed by atoms with Crippen LogP contribution in [0.25, 0.3) is 11.3 Å². The van der Waals surface area contributed by atoms with E-state index in [1.165, 1.54) is 0 Å². The third-order valence-electron chi connectivity index (χ3n) is 4.85. The van der Waals surface area contributed by atoms with Crippen molar-refractivity contribution >= 4 is 52.3 Å². The van der Waals surface area contributed by atoms with E-state index in [9.17, 15) is 4.79 Å². The van der Waals surface area contributed by atoms with Crippen molar-refractivity contribution in [2.75, 3.05) is 36.4 Å². The fourth-order valence-corrected chi connectivity index (χ4v) is 3.77. The number of carbonyl (C=O) groups excluding carboxylic acids is 1. The fourth-order valence-electron chi connectivity index (χ4n) is 3.19. The average molecular weight is 463 g/mol. The van der Waals surface area contributed by atoms with E-state index >= 15 is 0 Å². The maximum absolute atomic E-state index is 12.5. The van der Waals surface area contributed by atoms with E-state index in [0.717, 1.165) is 17.1 Å². The Morgan fingerprint density at radius 1 is 0.833 bits per heavy atom. The van der Waals surface area contributed by atoms with Gasteiger partial charge in [0, 0.05) is 41.8 Å². The van der Waals surface area contributed by atoms with Crippen LogP contribution in [0.1, 0.15) is 0 Å². The first-order valence-corrected chi connectivity index (χ1v) is 10.5. The quantitative estimate of drug-likeness (QED) is 0.561. The number of carbonyl (C=O) groups is 1. The summed E-state index contributed by atoms with van der Waals surface area (Å²) >= 11 is 18.0. The van der Waals surface area contributed by atoms with Crippen molar-refractivity contribution < 1.29 is 4.79 Å². The zero-order chi connectivity index (χ0) is 21.1. The predicted octanol–water partition coefficient (Wildman–Crippen LogP) is 5.46. The third-order valence-corrected chi connectivity index (χ3v) is 5.65. The topological polar surface area (TPSA) is 61.4 Å². The SMILES string of the molecule is O=C(Nc1ccc(Cl)cc1Cl)N1CCN(c2ccc(-c3ccc(Cl)cc3)nn2)CC1. The highest BCUT2D eigenvalue weighted by molar-refractivity contribution is 6.36. The highest BCUT2D eigenvalue weighted by atomic mass is 35.5. The van der Waals surface area contributed by atoms with Gasteiger partial charge in [-0.05, 0) is 42.5 Å². The molecule has 1 aliphatic heterocycles.